The van der Waals surface area contributed by atoms with E-state index in [-0.39, 0.29) is 11.7 Å². The van der Waals surface area contributed by atoms with E-state index in [2.05, 4.69) is 20.6 Å². The SMILES string of the molecule is Cc1ccc(-n2nc(C)c(NC(=O)CSc3nnc(-c4cccs4)n3N)c2C)cc1. The molecule has 0 aliphatic heterocycles. The molecule has 1 aromatic carbocycles. The van der Waals surface area contributed by atoms with Crippen LogP contribution < -0.4 is 11.2 Å². The van der Waals surface area contributed by atoms with Gasteiger partial charge in [0.2, 0.25) is 11.1 Å². The van der Waals surface area contributed by atoms with E-state index in [1.165, 1.54) is 33.3 Å². The molecule has 4 aromatic rings. The van der Waals surface area contributed by atoms with Crippen molar-refractivity contribution in [2.24, 2.45) is 0 Å². The lowest BCUT2D eigenvalue weighted by molar-refractivity contribution is -0.113. The van der Waals surface area contributed by atoms with Crippen LogP contribution in [0.25, 0.3) is 16.4 Å². The number of amides is 1. The lowest BCUT2D eigenvalue weighted by Crippen LogP contribution is -2.17. The molecule has 3 aromatic heterocycles. The number of aromatic nitrogens is 5. The Hall–Kier alpha value is -3.11. The molecule has 0 saturated carbocycles. The van der Waals surface area contributed by atoms with Crippen molar-refractivity contribution in [3.05, 3.63) is 58.7 Å². The summed E-state index contributed by atoms with van der Waals surface area (Å²) < 4.78 is 3.25. The second-order valence-corrected chi connectivity index (χ2v) is 8.67. The molecule has 10 heteroatoms. The molecule has 0 aliphatic rings. The van der Waals surface area contributed by atoms with E-state index in [4.69, 9.17) is 5.84 Å². The fourth-order valence-electron chi connectivity index (χ4n) is 3.02. The molecule has 0 aliphatic carbocycles. The van der Waals surface area contributed by atoms with Gasteiger partial charge in [0, 0.05) is 0 Å². The molecular weight excluding hydrogens is 418 g/mol. The number of hydrogen-bond donors (Lipinski definition) is 2. The molecule has 154 valence electrons. The highest BCUT2D eigenvalue weighted by Gasteiger charge is 2.17. The Morgan fingerprint density at radius 3 is 2.63 bits per heavy atom. The maximum atomic E-state index is 12.6. The minimum absolute atomic E-state index is 0.157. The van der Waals surface area contributed by atoms with Gasteiger partial charge in [0.1, 0.15) is 0 Å². The van der Waals surface area contributed by atoms with Crippen molar-refractivity contribution in [2.45, 2.75) is 25.9 Å². The third-order valence-electron chi connectivity index (χ3n) is 4.57. The predicted octanol–water partition coefficient (Wildman–Crippen LogP) is 3.56. The van der Waals surface area contributed by atoms with Gasteiger partial charge in [-0.1, -0.05) is 35.5 Å². The largest absolute Gasteiger partial charge is 0.335 e. The van der Waals surface area contributed by atoms with Gasteiger partial charge in [-0.15, -0.1) is 21.5 Å². The highest BCUT2D eigenvalue weighted by Crippen LogP contribution is 2.26. The third kappa shape index (κ3) is 3.96. The van der Waals surface area contributed by atoms with E-state index in [0.717, 1.165) is 27.6 Å². The number of aryl methyl sites for hydroxylation is 2. The van der Waals surface area contributed by atoms with Crippen molar-refractivity contribution in [3.8, 4) is 16.4 Å². The normalized spacial score (nSPS) is 11.0. The second-order valence-electron chi connectivity index (χ2n) is 6.78. The summed E-state index contributed by atoms with van der Waals surface area (Å²) in [6.45, 7) is 5.86. The molecule has 0 bridgehead atoms. The zero-order valence-electron chi connectivity index (χ0n) is 16.8. The van der Waals surface area contributed by atoms with Crippen LogP contribution in [0, 0.1) is 20.8 Å². The van der Waals surface area contributed by atoms with E-state index in [9.17, 15) is 4.79 Å². The van der Waals surface area contributed by atoms with Gasteiger partial charge >= 0.3 is 0 Å². The van der Waals surface area contributed by atoms with E-state index < -0.39 is 0 Å². The van der Waals surface area contributed by atoms with Crippen LogP contribution in [0.5, 0.6) is 0 Å². The molecule has 0 unspecified atom stereocenters. The fraction of sp³-hybridized carbons (Fsp3) is 0.200. The summed E-state index contributed by atoms with van der Waals surface area (Å²) in [7, 11) is 0. The Morgan fingerprint density at radius 2 is 1.93 bits per heavy atom. The monoisotopic (exact) mass is 439 g/mol. The standard InChI is InChI=1S/C20H21N7OS2/c1-12-6-8-15(9-7-12)27-14(3)18(13(2)25-27)22-17(28)11-30-20-24-23-19(26(20)21)16-5-4-10-29-16/h4-10H,11,21H2,1-3H3,(H,22,28). The molecule has 0 fully saturated rings. The first-order valence-electron chi connectivity index (χ1n) is 9.24. The molecule has 0 radical (unpaired) electrons. The van der Waals surface area contributed by atoms with Crippen molar-refractivity contribution in [1.29, 1.82) is 0 Å². The number of nitrogens with zero attached hydrogens (tertiary/aromatic N) is 5. The smallest absolute Gasteiger partial charge is 0.234 e. The number of hydrogen-bond acceptors (Lipinski definition) is 7. The molecule has 0 atom stereocenters. The van der Waals surface area contributed by atoms with Gasteiger partial charge in [-0.2, -0.15) is 5.10 Å². The summed E-state index contributed by atoms with van der Waals surface area (Å²) in [4.78, 5) is 13.5. The number of nitrogens with one attached hydrogen (secondary N) is 1. The Labute approximate surface area is 182 Å². The molecule has 4 rings (SSSR count). The lowest BCUT2D eigenvalue weighted by atomic mass is 10.2. The number of carbonyl (C=O) groups excluding carboxylic acids is 1. The number of rotatable bonds is 6. The number of nitrogen functional groups attached to an aromatic ring is 1. The van der Waals surface area contributed by atoms with Crippen LogP contribution in [0.3, 0.4) is 0 Å². The van der Waals surface area contributed by atoms with Gasteiger partial charge in [0.05, 0.1) is 33.4 Å². The molecule has 0 saturated heterocycles. The van der Waals surface area contributed by atoms with E-state index in [1.807, 2.05) is 67.2 Å². The lowest BCUT2D eigenvalue weighted by Gasteiger charge is -2.07. The van der Waals surface area contributed by atoms with Gasteiger partial charge in [-0.25, -0.2) is 9.36 Å². The highest BCUT2D eigenvalue weighted by molar-refractivity contribution is 7.99. The Balaban J connectivity index is 1.44. The second kappa shape index (κ2) is 8.33. The van der Waals surface area contributed by atoms with Crippen molar-refractivity contribution < 1.29 is 4.79 Å². The van der Waals surface area contributed by atoms with E-state index in [0.29, 0.717) is 11.0 Å². The molecule has 3 heterocycles. The van der Waals surface area contributed by atoms with Crippen molar-refractivity contribution in [3.63, 3.8) is 0 Å². The molecule has 8 nitrogen and oxygen atoms in total. The first-order chi connectivity index (χ1) is 14.4. The summed E-state index contributed by atoms with van der Waals surface area (Å²) in [5.41, 5.74) is 4.48. The summed E-state index contributed by atoms with van der Waals surface area (Å²) >= 11 is 2.77. The minimum Gasteiger partial charge on any atom is -0.335 e. The van der Waals surface area contributed by atoms with Gasteiger partial charge < -0.3 is 11.2 Å². The van der Waals surface area contributed by atoms with Crippen LogP contribution >= 0.6 is 23.1 Å². The van der Waals surface area contributed by atoms with Crippen LogP contribution in [0.15, 0.2) is 46.9 Å². The van der Waals surface area contributed by atoms with Crippen molar-refractivity contribution >= 4 is 34.7 Å². The van der Waals surface area contributed by atoms with Gasteiger partial charge in [-0.05, 0) is 44.4 Å². The van der Waals surface area contributed by atoms with E-state index >= 15 is 0 Å². The number of nitrogens with two attached hydrogens (primary N) is 1. The third-order valence-corrected chi connectivity index (χ3v) is 6.38. The summed E-state index contributed by atoms with van der Waals surface area (Å²) in [6, 6.07) is 11.9. The minimum atomic E-state index is -0.157. The van der Waals surface area contributed by atoms with Crippen molar-refractivity contribution in [2.75, 3.05) is 16.9 Å². The summed E-state index contributed by atoms with van der Waals surface area (Å²) in [5.74, 6) is 6.68. The predicted molar refractivity (Wildman–Crippen MR) is 121 cm³/mol. The summed E-state index contributed by atoms with van der Waals surface area (Å²) in [5, 5.41) is 18.2. The number of thioether (sulfide) groups is 1. The maximum absolute atomic E-state index is 12.6. The molecule has 3 N–H and O–H groups in total. The average molecular weight is 440 g/mol. The van der Waals surface area contributed by atoms with Crippen LogP contribution in [0.1, 0.15) is 17.0 Å². The molecular formula is C20H21N7OS2. The Bertz CT molecular complexity index is 1180. The summed E-state index contributed by atoms with van der Waals surface area (Å²) in [6.07, 6.45) is 0. The molecule has 0 spiro atoms. The number of benzene rings is 1. The maximum Gasteiger partial charge on any atom is 0.234 e. The quantitative estimate of drug-likeness (QED) is 0.352. The average Bonchev–Trinajstić information content (AvgIpc) is 3.44. The van der Waals surface area contributed by atoms with Gasteiger partial charge in [0.15, 0.2) is 5.82 Å². The number of carbonyl (C=O) groups is 1. The zero-order chi connectivity index (χ0) is 21.3. The van der Waals surface area contributed by atoms with Gasteiger partial charge in [-0.3, -0.25) is 4.79 Å². The van der Waals surface area contributed by atoms with E-state index in [1.54, 1.807) is 0 Å². The Kier molecular flexibility index (Phi) is 5.60. The zero-order valence-corrected chi connectivity index (χ0v) is 18.4. The highest BCUT2D eigenvalue weighted by atomic mass is 32.2. The number of anilines is 1. The van der Waals surface area contributed by atoms with Crippen LogP contribution in [-0.2, 0) is 4.79 Å². The fourth-order valence-corrected chi connectivity index (χ4v) is 4.38. The van der Waals surface area contributed by atoms with Crippen LogP contribution in [0.4, 0.5) is 5.69 Å². The molecule has 30 heavy (non-hydrogen) atoms. The molecule has 1 amide bonds. The van der Waals surface area contributed by atoms with Crippen LogP contribution in [-0.4, -0.2) is 36.3 Å². The van der Waals surface area contributed by atoms with Crippen molar-refractivity contribution in [1.82, 2.24) is 24.7 Å². The van der Waals surface area contributed by atoms with Gasteiger partial charge in [0.25, 0.3) is 0 Å². The topological polar surface area (TPSA) is 104 Å². The Morgan fingerprint density at radius 1 is 1.17 bits per heavy atom. The first-order valence-corrected chi connectivity index (χ1v) is 11.1. The number of thiophene rings is 1. The first kappa shape index (κ1) is 20.2. The van der Waals surface area contributed by atoms with Crippen LogP contribution in [0.2, 0.25) is 0 Å².